The summed E-state index contributed by atoms with van der Waals surface area (Å²) < 4.78 is 5.27. The molecule has 0 aliphatic carbocycles. The van der Waals surface area contributed by atoms with Crippen LogP contribution in [-0.4, -0.2) is 52.5 Å². The number of ether oxygens (including phenoxy) is 1. The van der Waals surface area contributed by atoms with Crippen LogP contribution in [0.15, 0.2) is 0 Å². The van der Waals surface area contributed by atoms with Crippen LogP contribution in [-0.2, 0) is 4.74 Å². The van der Waals surface area contributed by atoms with Gasteiger partial charge in [-0.3, -0.25) is 4.79 Å². The predicted octanol–water partition coefficient (Wildman–Crippen LogP) is 2.29. The van der Waals surface area contributed by atoms with Crippen molar-refractivity contribution in [3.8, 4) is 0 Å². The summed E-state index contributed by atoms with van der Waals surface area (Å²) >= 11 is 5.44. The molecule has 1 unspecified atom stereocenters. The fraction of sp³-hybridized carbons (Fsp3) is 0.818. The number of rotatable bonds is 0. The number of halogens is 1. The second kappa shape index (κ2) is 5.12. The van der Waals surface area contributed by atoms with Crippen molar-refractivity contribution in [1.82, 2.24) is 9.80 Å². The summed E-state index contributed by atoms with van der Waals surface area (Å²) in [6.07, 6.45) is -0.342. The van der Waals surface area contributed by atoms with Crippen molar-refractivity contribution in [3.63, 3.8) is 0 Å². The van der Waals surface area contributed by atoms with E-state index >= 15 is 0 Å². The van der Waals surface area contributed by atoms with Crippen molar-refractivity contribution in [2.45, 2.75) is 39.3 Å². The molecular formula is C11H19ClN2O3. The summed E-state index contributed by atoms with van der Waals surface area (Å²) in [4.78, 5) is 26.0. The van der Waals surface area contributed by atoms with Crippen LogP contribution >= 0.6 is 11.6 Å². The second-order valence-corrected chi connectivity index (χ2v) is 5.55. The third-order valence-corrected chi connectivity index (χ3v) is 2.72. The molecule has 1 saturated heterocycles. The van der Waals surface area contributed by atoms with Gasteiger partial charge in [0.2, 0.25) is 0 Å². The van der Waals surface area contributed by atoms with E-state index in [1.54, 1.807) is 9.80 Å². The Morgan fingerprint density at radius 3 is 2.29 bits per heavy atom. The highest BCUT2D eigenvalue weighted by Crippen LogP contribution is 2.15. The van der Waals surface area contributed by atoms with E-state index in [9.17, 15) is 9.59 Å². The highest BCUT2D eigenvalue weighted by Gasteiger charge is 2.31. The first-order valence-corrected chi connectivity index (χ1v) is 6.02. The van der Waals surface area contributed by atoms with Crippen LogP contribution in [0.2, 0.25) is 0 Å². The van der Waals surface area contributed by atoms with Crippen LogP contribution in [0.1, 0.15) is 27.7 Å². The Kier molecular flexibility index (Phi) is 4.25. The number of amides is 2. The molecule has 17 heavy (non-hydrogen) atoms. The molecule has 0 aromatic carbocycles. The second-order valence-electron chi connectivity index (χ2n) is 5.22. The monoisotopic (exact) mass is 262 g/mol. The maximum Gasteiger partial charge on any atom is 0.410 e. The number of carbonyl (C=O) groups excluding carboxylic acids is 2. The maximum absolute atomic E-state index is 11.8. The number of carbonyl (C=O) groups is 2. The zero-order valence-electron chi connectivity index (χ0n) is 10.7. The molecule has 0 N–H and O–H groups in total. The van der Waals surface area contributed by atoms with E-state index in [1.165, 1.54) is 0 Å². The topological polar surface area (TPSA) is 49.9 Å². The SMILES string of the molecule is CC1CN(C(=O)OC(C)(C)C)CCN1C(=O)Cl. The molecule has 0 bridgehead atoms. The number of hydrogen-bond donors (Lipinski definition) is 0. The van der Waals surface area contributed by atoms with E-state index in [-0.39, 0.29) is 12.1 Å². The van der Waals surface area contributed by atoms with Gasteiger partial charge in [-0.2, -0.15) is 0 Å². The molecule has 1 aliphatic rings. The van der Waals surface area contributed by atoms with Crippen LogP contribution in [0, 0.1) is 0 Å². The van der Waals surface area contributed by atoms with E-state index < -0.39 is 11.0 Å². The summed E-state index contributed by atoms with van der Waals surface area (Å²) in [6, 6.07) is -0.0822. The first-order valence-electron chi connectivity index (χ1n) is 5.65. The predicted molar refractivity (Wildman–Crippen MR) is 65.2 cm³/mol. The average Bonchev–Trinajstić information content (AvgIpc) is 2.14. The van der Waals surface area contributed by atoms with E-state index in [2.05, 4.69) is 0 Å². The summed E-state index contributed by atoms with van der Waals surface area (Å²) in [5.74, 6) is 0. The van der Waals surface area contributed by atoms with Crippen LogP contribution in [0.3, 0.4) is 0 Å². The lowest BCUT2D eigenvalue weighted by molar-refractivity contribution is 0.0117. The number of nitrogens with zero attached hydrogens (tertiary/aromatic N) is 2. The number of piperazine rings is 1. The van der Waals surface area contributed by atoms with Gasteiger partial charge in [-0.25, -0.2) is 4.79 Å². The molecule has 1 rings (SSSR count). The molecule has 2 amide bonds. The molecule has 5 nitrogen and oxygen atoms in total. The molecular weight excluding hydrogens is 244 g/mol. The third-order valence-electron chi connectivity index (χ3n) is 2.50. The summed E-state index contributed by atoms with van der Waals surface area (Å²) in [7, 11) is 0. The van der Waals surface area contributed by atoms with Gasteiger partial charge in [0.15, 0.2) is 0 Å². The fourth-order valence-corrected chi connectivity index (χ4v) is 1.96. The summed E-state index contributed by atoms with van der Waals surface area (Å²) in [6.45, 7) is 8.69. The molecule has 6 heteroatoms. The van der Waals surface area contributed by atoms with Gasteiger partial charge in [0.05, 0.1) is 0 Å². The molecule has 0 aromatic heterocycles. The van der Waals surface area contributed by atoms with E-state index in [1.807, 2.05) is 27.7 Å². The maximum atomic E-state index is 11.8. The van der Waals surface area contributed by atoms with Crippen molar-refractivity contribution in [2.75, 3.05) is 19.6 Å². The standard InChI is InChI=1S/C11H19ClN2O3/c1-8-7-13(5-6-14(8)9(12)15)10(16)17-11(2,3)4/h8H,5-7H2,1-4H3. The molecule has 1 heterocycles. The van der Waals surface area contributed by atoms with Crippen LogP contribution in [0.5, 0.6) is 0 Å². The van der Waals surface area contributed by atoms with Crippen molar-refractivity contribution >= 4 is 23.1 Å². The quantitative estimate of drug-likeness (QED) is 0.497. The zero-order chi connectivity index (χ0) is 13.2. The summed E-state index contributed by atoms with van der Waals surface area (Å²) in [5.41, 5.74) is -0.500. The molecule has 1 fully saturated rings. The van der Waals surface area contributed by atoms with Gasteiger partial charge in [-0.05, 0) is 39.3 Å². The Morgan fingerprint density at radius 2 is 1.88 bits per heavy atom. The fourth-order valence-electron chi connectivity index (χ4n) is 1.71. The first-order chi connectivity index (χ1) is 7.70. The third kappa shape index (κ3) is 4.07. The largest absolute Gasteiger partial charge is 0.444 e. The van der Waals surface area contributed by atoms with Gasteiger partial charge in [-0.1, -0.05) is 0 Å². The number of hydrogen-bond acceptors (Lipinski definition) is 3. The Morgan fingerprint density at radius 1 is 1.29 bits per heavy atom. The minimum absolute atomic E-state index is 0.0822. The van der Waals surface area contributed by atoms with Crippen molar-refractivity contribution < 1.29 is 14.3 Å². The van der Waals surface area contributed by atoms with Crippen molar-refractivity contribution in [1.29, 1.82) is 0 Å². The summed E-state index contributed by atoms with van der Waals surface area (Å²) in [5, 5.41) is -0.471. The van der Waals surface area contributed by atoms with E-state index in [0.29, 0.717) is 19.6 Å². The van der Waals surface area contributed by atoms with Gasteiger partial charge < -0.3 is 14.5 Å². The van der Waals surface area contributed by atoms with Gasteiger partial charge in [-0.15, -0.1) is 0 Å². The zero-order valence-corrected chi connectivity index (χ0v) is 11.5. The van der Waals surface area contributed by atoms with Gasteiger partial charge in [0.1, 0.15) is 5.60 Å². The normalized spacial score (nSPS) is 21.4. The molecule has 98 valence electrons. The molecule has 1 aliphatic heterocycles. The molecule has 0 saturated carbocycles. The van der Waals surface area contributed by atoms with Crippen LogP contribution in [0.4, 0.5) is 9.59 Å². The molecule has 0 radical (unpaired) electrons. The minimum Gasteiger partial charge on any atom is -0.444 e. The molecule has 1 atom stereocenters. The van der Waals surface area contributed by atoms with Crippen LogP contribution < -0.4 is 0 Å². The lowest BCUT2D eigenvalue weighted by Gasteiger charge is -2.39. The Hall–Kier alpha value is -0.970. The average molecular weight is 263 g/mol. The highest BCUT2D eigenvalue weighted by atomic mass is 35.5. The minimum atomic E-state index is -0.500. The molecule has 0 spiro atoms. The van der Waals surface area contributed by atoms with Gasteiger partial charge in [0.25, 0.3) is 0 Å². The first kappa shape index (κ1) is 14.1. The van der Waals surface area contributed by atoms with Gasteiger partial charge >= 0.3 is 11.5 Å². The van der Waals surface area contributed by atoms with Crippen molar-refractivity contribution in [3.05, 3.63) is 0 Å². The smallest absolute Gasteiger partial charge is 0.410 e. The Bertz CT molecular complexity index is 314. The Labute approximate surface area is 107 Å². The highest BCUT2D eigenvalue weighted by molar-refractivity contribution is 6.62. The van der Waals surface area contributed by atoms with Crippen LogP contribution in [0.25, 0.3) is 0 Å². The Balaban J connectivity index is 2.55. The van der Waals surface area contributed by atoms with E-state index in [0.717, 1.165) is 0 Å². The molecule has 0 aromatic rings. The van der Waals surface area contributed by atoms with Crippen molar-refractivity contribution in [2.24, 2.45) is 0 Å². The van der Waals surface area contributed by atoms with Gasteiger partial charge in [0, 0.05) is 25.7 Å². The lowest BCUT2D eigenvalue weighted by Crippen LogP contribution is -2.55. The van der Waals surface area contributed by atoms with E-state index in [4.69, 9.17) is 16.3 Å². The lowest BCUT2D eigenvalue weighted by atomic mass is 10.2.